The lowest BCUT2D eigenvalue weighted by Crippen LogP contribution is -2.23. The smallest absolute Gasteiger partial charge is 0.331 e. The van der Waals surface area contributed by atoms with Crippen molar-refractivity contribution in [2.75, 3.05) is 18.9 Å². The van der Waals surface area contributed by atoms with Gasteiger partial charge in [-0.05, 0) is 13.0 Å². The molecule has 96 valence electrons. The number of esters is 1. The highest BCUT2D eigenvalue weighted by molar-refractivity contribution is 7.87. The molecule has 0 atom stereocenters. The first-order valence-corrected chi connectivity index (χ1v) is 6.38. The largest absolute Gasteiger partial charge is 0.391 e. The molecule has 0 fully saturated rings. The van der Waals surface area contributed by atoms with Gasteiger partial charge in [0.1, 0.15) is 0 Å². The first kappa shape index (κ1) is 13.6. The second-order valence-corrected chi connectivity index (χ2v) is 4.67. The Bertz CT molecular complexity index is 442. The summed E-state index contributed by atoms with van der Waals surface area (Å²) >= 11 is 0. The molecule has 0 spiro atoms. The third-order valence-corrected chi connectivity index (χ3v) is 2.70. The minimum atomic E-state index is -3.93. The summed E-state index contributed by atoms with van der Waals surface area (Å²) in [5, 5.41) is 0. The molecule has 3 N–H and O–H groups in total. The summed E-state index contributed by atoms with van der Waals surface area (Å²) in [6, 6.07) is -0.0628. The SMILES string of the molecule is NCCCOS(=O)(=O)CC(=O)Oc1ncc[nH]1. The maximum atomic E-state index is 11.2. The summed E-state index contributed by atoms with van der Waals surface area (Å²) in [6.45, 7) is 0.263. The zero-order valence-electron chi connectivity index (χ0n) is 8.96. The van der Waals surface area contributed by atoms with Gasteiger partial charge in [0.05, 0.1) is 6.61 Å². The zero-order valence-corrected chi connectivity index (χ0v) is 9.77. The van der Waals surface area contributed by atoms with Crippen molar-refractivity contribution in [1.82, 2.24) is 9.97 Å². The van der Waals surface area contributed by atoms with Gasteiger partial charge in [-0.15, -0.1) is 0 Å². The van der Waals surface area contributed by atoms with Crippen molar-refractivity contribution in [3.8, 4) is 6.01 Å². The van der Waals surface area contributed by atoms with Gasteiger partial charge < -0.3 is 15.5 Å². The lowest BCUT2D eigenvalue weighted by Gasteiger charge is -2.03. The van der Waals surface area contributed by atoms with Gasteiger partial charge in [0.25, 0.3) is 10.1 Å². The van der Waals surface area contributed by atoms with E-state index in [0.29, 0.717) is 13.0 Å². The standard InChI is InChI=1S/C8H13N3O5S/c9-2-1-5-15-17(13,14)6-7(12)16-8-10-3-4-11-8/h3-4H,1-2,5-6,9H2,(H,10,11). The Hall–Kier alpha value is -1.45. The number of carbonyl (C=O) groups is 1. The van der Waals surface area contributed by atoms with E-state index < -0.39 is 21.8 Å². The number of hydrogen-bond donors (Lipinski definition) is 2. The third-order valence-electron chi connectivity index (χ3n) is 1.59. The van der Waals surface area contributed by atoms with E-state index in [2.05, 4.69) is 18.9 Å². The van der Waals surface area contributed by atoms with Gasteiger partial charge in [0, 0.05) is 12.4 Å². The highest BCUT2D eigenvalue weighted by Gasteiger charge is 2.19. The van der Waals surface area contributed by atoms with Crippen LogP contribution >= 0.6 is 0 Å². The lowest BCUT2D eigenvalue weighted by molar-refractivity contribution is -0.132. The highest BCUT2D eigenvalue weighted by atomic mass is 32.2. The lowest BCUT2D eigenvalue weighted by atomic mass is 10.5. The molecule has 0 bridgehead atoms. The summed E-state index contributed by atoms with van der Waals surface area (Å²) in [7, 11) is -3.93. The van der Waals surface area contributed by atoms with Gasteiger partial charge in [-0.25, -0.2) is 4.98 Å². The van der Waals surface area contributed by atoms with E-state index >= 15 is 0 Å². The number of nitrogens with zero attached hydrogens (tertiary/aromatic N) is 1. The summed E-state index contributed by atoms with van der Waals surface area (Å²) < 4.78 is 31.6. The number of aromatic amines is 1. The van der Waals surface area contributed by atoms with Crippen LogP contribution in [0.15, 0.2) is 12.4 Å². The Morgan fingerprint density at radius 2 is 2.29 bits per heavy atom. The average molecular weight is 263 g/mol. The minimum Gasteiger partial charge on any atom is -0.391 e. The van der Waals surface area contributed by atoms with Crippen LogP contribution in [-0.4, -0.2) is 43.3 Å². The van der Waals surface area contributed by atoms with E-state index in [0.717, 1.165) is 0 Å². The van der Waals surface area contributed by atoms with E-state index in [1.165, 1.54) is 12.4 Å². The number of imidazole rings is 1. The van der Waals surface area contributed by atoms with Crippen molar-refractivity contribution in [2.45, 2.75) is 6.42 Å². The predicted octanol–water partition coefficient (Wildman–Crippen LogP) is -0.990. The van der Waals surface area contributed by atoms with Crippen molar-refractivity contribution < 1.29 is 22.1 Å². The van der Waals surface area contributed by atoms with E-state index in [1.54, 1.807) is 0 Å². The molecule has 0 amide bonds. The monoisotopic (exact) mass is 263 g/mol. The molecule has 0 aliphatic heterocycles. The Labute approximate surface area is 98.2 Å². The van der Waals surface area contributed by atoms with Gasteiger partial charge in [-0.2, -0.15) is 8.42 Å². The van der Waals surface area contributed by atoms with Gasteiger partial charge in [-0.3, -0.25) is 8.98 Å². The van der Waals surface area contributed by atoms with Crippen LogP contribution in [0.1, 0.15) is 6.42 Å². The molecular weight excluding hydrogens is 250 g/mol. The molecular formula is C8H13N3O5S. The second kappa shape index (κ2) is 6.33. The van der Waals surface area contributed by atoms with Crippen LogP contribution in [0.2, 0.25) is 0 Å². The maximum Gasteiger partial charge on any atom is 0.331 e. The Morgan fingerprint density at radius 1 is 1.53 bits per heavy atom. The molecule has 0 aromatic carbocycles. The van der Waals surface area contributed by atoms with E-state index in [9.17, 15) is 13.2 Å². The van der Waals surface area contributed by atoms with Crippen molar-refractivity contribution >= 4 is 16.1 Å². The maximum absolute atomic E-state index is 11.2. The number of aromatic nitrogens is 2. The first-order chi connectivity index (χ1) is 8.03. The van der Waals surface area contributed by atoms with E-state index in [-0.39, 0.29) is 12.6 Å². The number of rotatable bonds is 7. The molecule has 0 aliphatic carbocycles. The van der Waals surface area contributed by atoms with Crippen LogP contribution in [-0.2, 0) is 19.1 Å². The molecule has 0 saturated heterocycles. The molecule has 0 radical (unpaired) electrons. The summed E-state index contributed by atoms with van der Waals surface area (Å²) in [6.07, 6.45) is 3.20. The minimum absolute atomic E-state index is 0.0487. The molecule has 8 nitrogen and oxygen atoms in total. The van der Waals surface area contributed by atoms with Crippen LogP contribution in [0.5, 0.6) is 6.01 Å². The zero-order chi connectivity index (χ0) is 12.7. The van der Waals surface area contributed by atoms with Crippen LogP contribution in [0.3, 0.4) is 0 Å². The number of H-pyrrole nitrogens is 1. The third kappa shape index (κ3) is 5.43. The van der Waals surface area contributed by atoms with Crippen molar-refractivity contribution in [3.63, 3.8) is 0 Å². The van der Waals surface area contributed by atoms with E-state index in [4.69, 9.17) is 5.73 Å². The Kier molecular flexibility index (Phi) is 5.07. The van der Waals surface area contributed by atoms with Crippen molar-refractivity contribution in [1.29, 1.82) is 0 Å². The Morgan fingerprint density at radius 3 is 2.88 bits per heavy atom. The molecule has 17 heavy (non-hydrogen) atoms. The molecule has 9 heteroatoms. The van der Waals surface area contributed by atoms with Gasteiger partial charge >= 0.3 is 12.0 Å². The van der Waals surface area contributed by atoms with E-state index in [1.807, 2.05) is 0 Å². The van der Waals surface area contributed by atoms with Crippen LogP contribution < -0.4 is 10.5 Å². The molecule has 1 aromatic rings. The topological polar surface area (TPSA) is 124 Å². The van der Waals surface area contributed by atoms with Crippen molar-refractivity contribution in [2.24, 2.45) is 5.73 Å². The number of nitrogens with one attached hydrogen (secondary N) is 1. The van der Waals surface area contributed by atoms with Gasteiger partial charge in [0.2, 0.25) is 0 Å². The first-order valence-electron chi connectivity index (χ1n) is 4.81. The van der Waals surface area contributed by atoms with Gasteiger partial charge in [0.15, 0.2) is 5.75 Å². The number of nitrogens with two attached hydrogens (primary N) is 1. The fraction of sp³-hybridized carbons (Fsp3) is 0.500. The molecule has 1 heterocycles. The van der Waals surface area contributed by atoms with Crippen LogP contribution in [0.25, 0.3) is 0 Å². The predicted molar refractivity (Wildman–Crippen MR) is 57.6 cm³/mol. The van der Waals surface area contributed by atoms with Gasteiger partial charge in [-0.1, -0.05) is 0 Å². The van der Waals surface area contributed by atoms with Crippen LogP contribution in [0, 0.1) is 0 Å². The summed E-state index contributed by atoms with van der Waals surface area (Å²) in [4.78, 5) is 17.3. The number of hydrogen-bond acceptors (Lipinski definition) is 7. The summed E-state index contributed by atoms with van der Waals surface area (Å²) in [5.41, 5.74) is 5.17. The van der Waals surface area contributed by atoms with Crippen molar-refractivity contribution in [3.05, 3.63) is 12.4 Å². The normalized spacial score (nSPS) is 11.4. The molecule has 1 rings (SSSR count). The quantitative estimate of drug-likeness (QED) is 0.367. The fourth-order valence-electron chi connectivity index (χ4n) is 0.899. The molecule has 0 saturated carbocycles. The molecule has 1 aromatic heterocycles. The second-order valence-electron chi connectivity index (χ2n) is 3.03. The Balaban J connectivity index is 2.39. The highest BCUT2D eigenvalue weighted by Crippen LogP contribution is 2.01. The molecule has 0 unspecified atom stereocenters. The summed E-state index contributed by atoms with van der Waals surface area (Å²) in [5.74, 6) is -1.83. The number of ether oxygens (including phenoxy) is 1. The van der Waals surface area contributed by atoms with Crippen LogP contribution in [0.4, 0.5) is 0 Å². The fourth-order valence-corrected chi connectivity index (χ4v) is 1.70. The molecule has 0 aliphatic rings. The number of carbonyl (C=O) groups excluding carboxylic acids is 1. The average Bonchev–Trinajstić information content (AvgIpc) is 2.69.